The molecule has 0 aliphatic heterocycles. The number of nitriles is 1. The molecule has 0 bridgehead atoms. The topological polar surface area (TPSA) is 92.3 Å². The molecule has 0 saturated heterocycles. The van der Waals surface area contributed by atoms with E-state index >= 15 is 0 Å². The van der Waals surface area contributed by atoms with Crippen LogP contribution in [0.5, 0.6) is 5.75 Å². The van der Waals surface area contributed by atoms with Crippen molar-refractivity contribution in [1.82, 2.24) is 19.9 Å². The third-order valence-corrected chi connectivity index (χ3v) is 5.86. The summed E-state index contributed by atoms with van der Waals surface area (Å²) in [6.07, 6.45) is 1.40. The highest BCUT2D eigenvalue weighted by molar-refractivity contribution is 5.90. The van der Waals surface area contributed by atoms with Crippen LogP contribution in [-0.2, 0) is 16.8 Å². The van der Waals surface area contributed by atoms with Crippen molar-refractivity contribution in [1.29, 1.82) is 5.26 Å². The van der Waals surface area contributed by atoms with Crippen molar-refractivity contribution in [2.24, 2.45) is 0 Å². The van der Waals surface area contributed by atoms with E-state index in [2.05, 4.69) is 11.4 Å². The number of pyridine rings is 1. The van der Waals surface area contributed by atoms with Gasteiger partial charge in [-0.3, -0.25) is 4.79 Å². The van der Waals surface area contributed by atoms with Gasteiger partial charge in [0.1, 0.15) is 5.41 Å². The lowest BCUT2D eigenvalue weighted by Crippen LogP contribution is -2.35. The summed E-state index contributed by atoms with van der Waals surface area (Å²) in [5, 5.41) is 17.1. The molecule has 2 aromatic heterocycles. The number of ether oxygens (including phenoxy) is 1. The fourth-order valence-corrected chi connectivity index (χ4v) is 3.89. The standard InChI is InChI=1S/C25H21N5O2/c1-32-21-11-10-20(19-9-5-8-18(14-19)15-26)30-22(21)28-23(29-30)25(12-13-25)24(31)27-16-17-6-3-2-4-7-17/h2-11,14H,12-13,16H2,1H3,(H,27,31). The van der Waals surface area contributed by atoms with Gasteiger partial charge in [-0.15, -0.1) is 5.10 Å². The van der Waals surface area contributed by atoms with Crippen molar-refractivity contribution in [3.8, 4) is 23.1 Å². The second-order valence-corrected chi connectivity index (χ2v) is 7.90. The van der Waals surface area contributed by atoms with E-state index in [0.717, 1.165) is 16.8 Å². The van der Waals surface area contributed by atoms with E-state index in [1.165, 1.54) is 0 Å². The maximum atomic E-state index is 13.1. The zero-order valence-corrected chi connectivity index (χ0v) is 17.6. The Morgan fingerprint density at radius 3 is 2.69 bits per heavy atom. The number of benzene rings is 2. The summed E-state index contributed by atoms with van der Waals surface area (Å²) in [6, 6.07) is 23.0. The number of hydrogen-bond donors (Lipinski definition) is 1. The van der Waals surface area contributed by atoms with Gasteiger partial charge < -0.3 is 10.1 Å². The van der Waals surface area contributed by atoms with Crippen LogP contribution in [0.3, 0.4) is 0 Å². The van der Waals surface area contributed by atoms with Crippen LogP contribution in [0.2, 0.25) is 0 Å². The van der Waals surface area contributed by atoms with Gasteiger partial charge in [0.2, 0.25) is 5.91 Å². The number of carbonyl (C=O) groups is 1. The van der Waals surface area contributed by atoms with Crippen LogP contribution in [0.25, 0.3) is 16.9 Å². The second kappa shape index (κ2) is 7.82. The smallest absolute Gasteiger partial charge is 0.234 e. The van der Waals surface area contributed by atoms with Crippen molar-refractivity contribution in [2.45, 2.75) is 24.8 Å². The first-order valence-corrected chi connectivity index (χ1v) is 10.4. The fraction of sp³-hybridized carbons (Fsp3) is 0.200. The second-order valence-electron chi connectivity index (χ2n) is 7.90. The molecule has 5 rings (SSSR count). The summed E-state index contributed by atoms with van der Waals surface area (Å²) in [4.78, 5) is 17.8. The highest BCUT2D eigenvalue weighted by atomic mass is 16.5. The first-order chi connectivity index (χ1) is 15.6. The highest BCUT2D eigenvalue weighted by Crippen LogP contribution is 2.47. The van der Waals surface area contributed by atoms with Gasteiger partial charge >= 0.3 is 0 Å². The molecule has 1 saturated carbocycles. The Hall–Kier alpha value is -4.18. The summed E-state index contributed by atoms with van der Waals surface area (Å²) in [6.45, 7) is 0.463. The zero-order chi connectivity index (χ0) is 22.1. The van der Waals surface area contributed by atoms with E-state index in [-0.39, 0.29) is 5.91 Å². The quantitative estimate of drug-likeness (QED) is 0.511. The first-order valence-electron chi connectivity index (χ1n) is 10.4. The molecule has 1 aliphatic rings. The van der Waals surface area contributed by atoms with Crippen LogP contribution in [0.1, 0.15) is 29.8 Å². The minimum Gasteiger partial charge on any atom is -0.493 e. The molecule has 4 aromatic rings. The molecular weight excluding hydrogens is 402 g/mol. The van der Waals surface area contributed by atoms with Crippen LogP contribution in [-0.4, -0.2) is 27.6 Å². The molecule has 0 spiro atoms. The Balaban J connectivity index is 1.52. The fourth-order valence-electron chi connectivity index (χ4n) is 3.89. The molecule has 1 N–H and O–H groups in total. The number of fused-ring (bicyclic) bond motifs is 1. The van der Waals surface area contributed by atoms with Gasteiger partial charge in [0.05, 0.1) is 24.4 Å². The Morgan fingerprint density at radius 2 is 1.97 bits per heavy atom. The Labute approximate surface area is 185 Å². The monoisotopic (exact) mass is 423 g/mol. The van der Waals surface area contributed by atoms with Crippen LogP contribution < -0.4 is 10.1 Å². The van der Waals surface area contributed by atoms with Gasteiger partial charge in [-0.1, -0.05) is 42.5 Å². The molecule has 0 atom stereocenters. The third kappa shape index (κ3) is 3.36. The maximum absolute atomic E-state index is 13.1. The predicted octanol–water partition coefficient (Wildman–Crippen LogP) is 3.62. The third-order valence-electron chi connectivity index (χ3n) is 5.86. The van der Waals surface area contributed by atoms with Gasteiger partial charge in [-0.25, -0.2) is 9.50 Å². The lowest BCUT2D eigenvalue weighted by atomic mass is 10.1. The molecule has 7 nitrogen and oxygen atoms in total. The minimum atomic E-state index is -0.725. The van der Waals surface area contributed by atoms with E-state index in [1.54, 1.807) is 17.7 Å². The number of nitrogens with one attached hydrogen (secondary N) is 1. The molecule has 2 heterocycles. The van der Waals surface area contributed by atoms with Crippen LogP contribution in [0, 0.1) is 11.3 Å². The molecule has 1 amide bonds. The molecule has 2 aromatic carbocycles. The van der Waals surface area contributed by atoms with E-state index in [4.69, 9.17) is 14.8 Å². The summed E-state index contributed by atoms with van der Waals surface area (Å²) < 4.78 is 7.20. The van der Waals surface area contributed by atoms with Crippen molar-refractivity contribution >= 4 is 11.6 Å². The number of nitrogens with zero attached hydrogens (tertiary/aromatic N) is 4. The average Bonchev–Trinajstić information content (AvgIpc) is 3.54. The molecular formula is C25H21N5O2. The predicted molar refractivity (Wildman–Crippen MR) is 119 cm³/mol. The van der Waals surface area contributed by atoms with E-state index < -0.39 is 5.41 Å². The highest BCUT2D eigenvalue weighted by Gasteiger charge is 2.54. The maximum Gasteiger partial charge on any atom is 0.234 e. The summed E-state index contributed by atoms with van der Waals surface area (Å²) >= 11 is 0. The van der Waals surface area contributed by atoms with Gasteiger partial charge in [0.15, 0.2) is 17.2 Å². The SMILES string of the molecule is COc1ccc(-c2cccc(C#N)c2)n2nc(C3(C(=O)NCc4ccccc4)CC3)nc12. The van der Waals surface area contributed by atoms with E-state index in [1.807, 2.05) is 60.7 Å². The van der Waals surface area contributed by atoms with Crippen LogP contribution >= 0.6 is 0 Å². The normalized spacial score (nSPS) is 14.0. The molecule has 158 valence electrons. The number of methoxy groups -OCH3 is 1. The number of aromatic nitrogens is 3. The number of carbonyl (C=O) groups excluding carboxylic acids is 1. The van der Waals surface area contributed by atoms with Gasteiger partial charge in [-0.05, 0) is 42.7 Å². The Bertz CT molecular complexity index is 1350. The molecule has 1 fully saturated rings. The number of rotatable bonds is 6. The zero-order valence-electron chi connectivity index (χ0n) is 17.6. The largest absolute Gasteiger partial charge is 0.493 e. The average molecular weight is 423 g/mol. The summed E-state index contributed by atoms with van der Waals surface area (Å²) in [7, 11) is 1.58. The molecule has 7 heteroatoms. The van der Waals surface area contributed by atoms with Crippen molar-refractivity contribution in [3.63, 3.8) is 0 Å². The molecule has 1 aliphatic carbocycles. The van der Waals surface area contributed by atoms with Crippen LogP contribution in [0.4, 0.5) is 0 Å². The molecule has 32 heavy (non-hydrogen) atoms. The van der Waals surface area contributed by atoms with Gasteiger partial charge in [0, 0.05) is 12.1 Å². The van der Waals surface area contributed by atoms with E-state index in [0.29, 0.717) is 42.2 Å². The van der Waals surface area contributed by atoms with Crippen molar-refractivity contribution in [3.05, 3.63) is 83.7 Å². The minimum absolute atomic E-state index is 0.0655. The van der Waals surface area contributed by atoms with Crippen LogP contribution in [0.15, 0.2) is 66.7 Å². The first kappa shape index (κ1) is 19.8. The van der Waals surface area contributed by atoms with Crippen molar-refractivity contribution < 1.29 is 9.53 Å². The van der Waals surface area contributed by atoms with Crippen molar-refractivity contribution in [2.75, 3.05) is 7.11 Å². The lowest BCUT2D eigenvalue weighted by Gasteiger charge is -2.12. The number of hydrogen-bond acceptors (Lipinski definition) is 5. The molecule has 0 unspecified atom stereocenters. The van der Waals surface area contributed by atoms with E-state index in [9.17, 15) is 10.1 Å². The van der Waals surface area contributed by atoms with Gasteiger partial charge in [-0.2, -0.15) is 5.26 Å². The lowest BCUT2D eigenvalue weighted by molar-refractivity contribution is -0.123. The Morgan fingerprint density at radius 1 is 1.16 bits per heavy atom. The van der Waals surface area contributed by atoms with Gasteiger partial charge in [0.25, 0.3) is 0 Å². The molecule has 0 radical (unpaired) electrons. The summed E-state index contributed by atoms with van der Waals surface area (Å²) in [5.41, 5.74) is 3.04. The summed E-state index contributed by atoms with van der Waals surface area (Å²) in [5.74, 6) is 0.999. The number of amides is 1. The Kier molecular flexibility index (Phi) is 4.83.